The van der Waals surface area contributed by atoms with Crippen LogP contribution in [0.5, 0.6) is 23.0 Å². The Labute approximate surface area is 229 Å². The van der Waals surface area contributed by atoms with Crippen LogP contribution in [0.25, 0.3) is 6.08 Å². The number of ether oxygens (including phenoxy) is 4. The molecule has 3 rings (SSSR count). The van der Waals surface area contributed by atoms with Crippen molar-refractivity contribution in [2.75, 3.05) is 38.5 Å². The highest BCUT2D eigenvalue weighted by atomic mass is 79.9. The number of hydrogen-bond acceptors (Lipinski definition) is 8. The lowest BCUT2D eigenvalue weighted by molar-refractivity contribution is -0.138. The first kappa shape index (κ1) is 28.7. The van der Waals surface area contributed by atoms with Gasteiger partial charge in [0.25, 0.3) is 10.0 Å². The number of sulfonamides is 1. The molecule has 0 radical (unpaired) electrons. The van der Waals surface area contributed by atoms with Crippen LogP contribution in [0.2, 0.25) is 0 Å². The molecule has 202 valence electrons. The van der Waals surface area contributed by atoms with Crippen LogP contribution in [0.4, 0.5) is 11.4 Å². The molecule has 0 amide bonds. The Morgan fingerprint density at radius 2 is 1.50 bits per heavy atom. The molecule has 0 aliphatic rings. The lowest BCUT2D eigenvalue weighted by Crippen LogP contribution is -2.21. The van der Waals surface area contributed by atoms with Gasteiger partial charge in [0.05, 0.1) is 50.8 Å². The van der Waals surface area contributed by atoms with E-state index >= 15 is 0 Å². The largest absolute Gasteiger partial charge is 0.496 e. The van der Waals surface area contributed by atoms with Gasteiger partial charge in [-0.1, -0.05) is 28.1 Å². The Morgan fingerprint density at radius 1 is 0.895 bits per heavy atom. The molecule has 12 heteroatoms. The minimum absolute atomic E-state index is 0.187. The topological polar surface area (TPSA) is 132 Å². The van der Waals surface area contributed by atoms with Crippen LogP contribution in [0.15, 0.2) is 64.5 Å². The van der Waals surface area contributed by atoms with E-state index in [1.54, 1.807) is 36.4 Å². The number of anilines is 2. The van der Waals surface area contributed by atoms with E-state index < -0.39 is 22.0 Å². The fraction of sp³-hybridized carbons (Fsp3) is 0.192. The van der Waals surface area contributed by atoms with Crippen LogP contribution in [-0.4, -0.2) is 47.9 Å². The van der Waals surface area contributed by atoms with Crippen LogP contribution >= 0.6 is 15.9 Å². The Hall–Kier alpha value is -3.90. The van der Waals surface area contributed by atoms with E-state index in [9.17, 15) is 18.3 Å². The van der Waals surface area contributed by atoms with E-state index in [4.69, 9.17) is 18.9 Å². The predicted octanol–water partition coefficient (Wildman–Crippen LogP) is 5.13. The van der Waals surface area contributed by atoms with E-state index in [1.165, 1.54) is 52.7 Å². The van der Waals surface area contributed by atoms with Gasteiger partial charge in [0.1, 0.15) is 23.0 Å². The smallest absolute Gasteiger partial charge is 0.330 e. The van der Waals surface area contributed by atoms with Gasteiger partial charge in [-0.2, -0.15) is 0 Å². The Bertz CT molecular complexity index is 1400. The number of rotatable bonds is 12. The number of benzene rings is 3. The predicted molar refractivity (Wildman–Crippen MR) is 149 cm³/mol. The molecule has 0 saturated carbocycles. The van der Waals surface area contributed by atoms with Crippen molar-refractivity contribution in [3.63, 3.8) is 0 Å². The number of nitrogens with one attached hydrogen (secondary N) is 2. The molecule has 1 atom stereocenters. The molecule has 3 aromatic rings. The molecule has 3 N–H and O–H groups in total. The molecule has 0 aromatic heterocycles. The second-order valence-corrected chi connectivity index (χ2v) is 10.3. The maximum absolute atomic E-state index is 12.9. The Kier molecular flexibility index (Phi) is 9.48. The first-order valence-corrected chi connectivity index (χ1v) is 13.4. The fourth-order valence-corrected chi connectivity index (χ4v) is 4.64. The van der Waals surface area contributed by atoms with Gasteiger partial charge in [0.2, 0.25) is 0 Å². The Morgan fingerprint density at radius 3 is 2.03 bits per heavy atom. The number of carboxylic acid groups (broad SMARTS) is 1. The molecule has 38 heavy (non-hydrogen) atoms. The van der Waals surface area contributed by atoms with Crippen molar-refractivity contribution in [3.8, 4) is 23.0 Å². The van der Waals surface area contributed by atoms with E-state index in [0.29, 0.717) is 34.1 Å². The third kappa shape index (κ3) is 7.11. The van der Waals surface area contributed by atoms with Crippen LogP contribution in [-0.2, 0) is 14.8 Å². The number of halogens is 1. The number of carboxylic acids is 1. The molecule has 0 saturated heterocycles. The van der Waals surface area contributed by atoms with Crippen molar-refractivity contribution in [2.24, 2.45) is 0 Å². The molecular formula is C26H27BrN2O8S. The normalized spacial score (nSPS) is 12.0. The average molecular weight is 607 g/mol. The summed E-state index contributed by atoms with van der Waals surface area (Å²) in [5.74, 6) is 0.413. The summed E-state index contributed by atoms with van der Waals surface area (Å²) in [5.41, 5.74) is 1.37. The van der Waals surface area contributed by atoms with Gasteiger partial charge < -0.3 is 29.4 Å². The minimum atomic E-state index is -4.00. The number of methoxy groups -OCH3 is 4. The lowest BCUT2D eigenvalue weighted by Gasteiger charge is -2.19. The highest BCUT2D eigenvalue weighted by Gasteiger charge is 2.22. The lowest BCUT2D eigenvalue weighted by atomic mass is 10.1. The molecule has 0 bridgehead atoms. The average Bonchev–Trinajstić information content (AvgIpc) is 2.90. The van der Waals surface area contributed by atoms with Crippen molar-refractivity contribution in [2.45, 2.75) is 6.04 Å². The molecule has 0 aliphatic carbocycles. The first-order valence-electron chi connectivity index (χ1n) is 11.0. The summed E-state index contributed by atoms with van der Waals surface area (Å²) in [5, 5.41) is 13.7. The highest BCUT2D eigenvalue weighted by Crippen LogP contribution is 2.36. The van der Waals surface area contributed by atoms with E-state index in [-0.39, 0.29) is 11.4 Å². The van der Waals surface area contributed by atoms with Crippen LogP contribution < -0.4 is 29.0 Å². The molecular weight excluding hydrogens is 580 g/mol. The van der Waals surface area contributed by atoms with Gasteiger partial charge in [-0.05, 0) is 42.0 Å². The molecule has 3 aromatic carbocycles. The number of carbonyl (C=O) groups is 1. The summed E-state index contributed by atoms with van der Waals surface area (Å²) in [6.07, 6.45) is 1.34. The van der Waals surface area contributed by atoms with Crippen LogP contribution in [0.3, 0.4) is 0 Å². The standard InChI is InChI=1S/C26H27BrN2O8S/c1-34-19-14-23(36-3)20(24(15-19)37-4)11-12-38(32,33)29-18-9-10-22(35-2)21(13-18)28-25(26(30)31)16-5-7-17(27)8-6-16/h5-15,25,28-29H,1-4H3,(H,30,31)/b12-11+. The van der Waals surface area contributed by atoms with Crippen molar-refractivity contribution < 1.29 is 37.3 Å². The fourth-order valence-electron chi connectivity index (χ4n) is 3.54. The van der Waals surface area contributed by atoms with Crippen LogP contribution in [0.1, 0.15) is 17.2 Å². The minimum Gasteiger partial charge on any atom is -0.496 e. The zero-order chi connectivity index (χ0) is 27.9. The molecule has 0 aliphatic heterocycles. The van der Waals surface area contributed by atoms with E-state index in [0.717, 1.165) is 9.88 Å². The van der Waals surface area contributed by atoms with Gasteiger partial charge >= 0.3 is 5.97 Å². The summed E-state index contributed by atoms with van der Waals surface area (Å²) >= 11 is 3.33. The maximum Gasteiger partial charge on any atom is 0.330 e. The zero-order valence-corrected chi connectivity index (χ0v) is 23.4. The van der Waals surface area contributed by atoms with Crippen molar-refractivity contribution in [1.82, 2.24) is 0 Å². The third-order valence-corrected chi connectivity index (χ3v) is 6.92. The summed E-state index contributed by atoms with van der Waals surface area (Å²) < 4.78 is 50.3. The summed E-state index contributed by atoms with van der Waals surface area (Å²) in [6, 6.07) is 13.4. The molecule has 10 nitrogen and oxygen atoms in total. The second-order valence-electron chi connectivity index (χ2n) is 7.78. The van der Waals surface area contributed by atoms with Crippen molar-refractivity contribution in [3.05, 3.63) is 75.6 Å². The summed E-state index contributed by atoms with van der Waals surface area (Å²) in [6.45, 7) is 0. The van der Waals surface area contributed by atoms with Crippen molar-refractivity contribution >= 4 is 49.4 Å². The third-order valence-electron chi connectivity index (χ3n) is 5.38. The van der Waals surface area contributed by atoms with Gasteiger partial charge in [-0.25, -0.2) is 13.2 Å². The zero-order valence-electron chi connectivity index (χ0n) is 21.0. The summed E-state index contributed by atoms with van der Waals surface area (Å²) in [4.78, 5) is 12.0. The SMILES string of the molecule is COc1cc(OC)c(/C=C/S(=O)(=O)Nc2ccc(OC)c(NC(C(=O)O)c3ccc(Br)cc3)c2)c(OC)c1. The van der Waals surface area contributed by atoms with Gasteiger partial charge in [-0.3, -0.25) is 4.72 Å². The molecule has 0 heterocycles. The molecule has 1 unspecified atom stereocenters. The Balaban J connectivity index is 1.90. The van der Waals surface area contributed by atoms with Crippen molar-refractivity contribution in [1.29, 1.82) is 0 Å². The van der Waals surface area contributed by atoms with Gasteiger partial charge in [0.15, 0.2) is 6.04 Å². The number of aliphatic carboxylic acids is 1. The highest BCUT2D eigenvalue weighted by molar-refractivity contribution is 9.10. The van der Waals surface area contributed by atoms with E-state index in [2.05, 4.69) is 26.0 Å². The van der Waals surface area contributed by atoms with Gasteiger partial charge in [-0.15, -0.1) is 0 Å². The quantitative estimate of drug-likeness (QED) is 0.256. The van der Waals surface area contributed by atoms with E-state index in [1.807, 2.05) is 0 Å². The second kappa shape index (κ2) is 12.6. The summed E-state index contributed by atoms with van der Waals surface area (Å²) in [7, 11) is 1.82. The van der Waals surface area contributed by atoms with Gasteiger partial charge in [0, 0.05) is 16.6 Å². The monoisotopic (exact) mass is 606 g/mol. The molecule has 0 spiro atoms. The first-order chi connectivity index (χ1) is 18.1. The van der Waals surface area contributed by atoms with Crippen LogP contribution in [0, 0.1) is 0 Å². The number of hydrogen-bond donors (Lipinski definition) is 3. The maximum atomic E-state index is 12.9. The molecule has 0 fully saturated rings.